The van der Waals surface area contributed by atoms with Crippen molar-refractivity contribution in [1.29, 1.82) is 0 Å². The third-order valence-electron chi connectivity index (χ3n) is 5.12. The fourth-order valence-electron chi connectivity index (χ4n) is 3.95. The van der Waals surface area contributed by atoms with Gasteiger partial charge in [-0.25, -0.2) is 0 Å². The molecule has 1 aliphatic heterocycles. The van der Waals surface area contributed by atoms with Crippen LogP contribution in [-0.4, -0.2) is 37.1 Å². The first kappa shape index (κ1) is 14.3. The first-order valence-corrected chi connectivity index (χ1v) is 8.29. The summed E-state index contributed by atoms with van der Waals surface area (Å²) in [5.74, 6) is 1.93. The van der Waals surface area contributed by atoms with Crippen molar-refractivity contribution in [3.63, 3.8) is 0 Å². The van der Waals surface area contributed by atoms with Gasteiger partial charge in [-0.2, -0.15) is 0 Å². The van der Waals surface area contributed by atoms with Crippen LogP contribution in [0.15, 0.2) is 0 Å². The van der Waals surface area contributed by atoms with Gasteiger partial charge in [-0.15, -0.1) is 0 Å². The number of rotatable bonds is 6. The fourth-order valence-corrected chi connectivity index (χ4v) is 3.95. The van der Waals surface area contributed by atoms with Crippen molar-refractivity contribution < 1.29 is 0 Å². The third-order valence-corrected chi connectivity index (χ3v) is 5.12. The van der Waals surface area contributed by atoms with Crippen molar-refractivity contribution in [3.8, 4) is 0 Å². The molecule has 2 fully saturated rings. The van der Waals surface area contributed by atoms with Gasteiger partial charge in [-0.1, -0.05) is 26.7 Å². The van der Waals surface area contributed by atoms with Gasteiger partial charge in [-0.3, -0.25) is 0 Å². The molecule has 0 radical (unpaired) electrons. The number of likely N-dealkylation sites (tertiary alicyclic amines) is 1. The molecular weight excluding hydrogens is 220 g/mol. The van der Waals surface area contributed by atoms with Gasteiger partial charge >= 0.3 is 0 Å². The van der Waals surface area contributed by atoms with E-state index in [-0.39, 0.29) is 0 Å². The van der Waals surface area contributed by atoms with Crippen LogP contribution < -0.4 is 5.32 Å². The number of hydrogen-bond acceptors (Lipinski definition) is 2. The predicted octanol–water partition coefficient (Wildman–Crippen LogP) is 3.28. The first-order chi connectivity index (χ1) is 8.83. The van der Waals surface area contributed by atoms with Gasteiger partial charge in [0.05, 0.1) is 0 Å². The molecule has 0 spiro atoms. The monoisotopic (exact) mass is 252 g/mol. The molecule has 2 nitrogen and oxygen atoms in total. The highest BCUT2D eigenvalue weighted by molar-refractivity contribution is 4.84. The Labute approximate surface area is 114 Å². The molecule has 0 bridgehead atoms. The SMILES string of the molecule is CCNC1CCCC1CCN1CCCC(CC)C1. The molecule has 0 aromatic rings. The van der Waals surface area contributed by atoms with Crippen LogP contribution in [0.4, 0.5) is 0 Å². The first-order valence-electron chi connectivity index (χ1n) is 8.29. The quantitative estimate of drug-likeness (QED) is 0.780. The van der Waals surface area contributed by atoms with Gasteiger partial charge in [-0.05, 0) is 63.6 Å². The third kappa shape index (κ3) is 3.96. The van der Waals surface area contributed by atoms with E-state index in [0.717, 1.165) is 24.4 Å². The molecule has 18 heavy (non-hydrogen) atoms. The molecule has 1 saturated heterocycles. The average Bonchev–Trinajstić information content (AvgIpc) is 2.85. The lowest BCUT2D eigenvalue weighted by atomic mass is 9.94. The van der Waals surface area contributed by atoms with Crippen LogP contribution in [0.2, 0.25) is 0 Å². The maximum atomic E-state index is 3.68. The van der Waals surface area contributed by atoms with Gasteiger partial charge in [0.2, 0.25) is 0 Å². The average molecular weight is 252 g/mol. The summed E-state index contributed by atoms with van der Waals surface area (Å²) in [5.41, 5.74) is 0. The molecule has 1 aliphatic carbocycles. The van der Waals surface area contributed by atoms with E-state index in [4.69, 9.17) is 0 Å². The smallest absolute Gasteiger partial charge is 0.00956 e. The standard InChI is InChI=1S/C16H32N2/c1-3-14-7-6-11-18(13-14)12-10-15-8-5-9-16(15)17-4-2/h14-17H,3-13H2,1-2H3. The molecule has 1 heterocycles. The maximum absolute atomic E-state index is 3.68. The minimum Gasteiger partial charge on any atom is -0.314 e. The summed E-state index contributed by atoms with van der Waals surface area (Å²) in [7, 11) is 0. The summed E-state index contributed by atoms with van der Waals surface area (Å²) in [6.07, 6.45) is 10.0. The second-order valence-corrected chi connectivity index (χ2v) is 6.36. The van der Waals surface area contributed by atoms with E-state index in [1.54, 1.807) is 0 Å². The van der Waals surface area contributed by atoms with Gasteiger partial charge < -0.3 is 10.2 Å². The highest BCUT2D eigenvalue weighted by Crippen LogP contribution is 2.29. The largest absolute Gasteiger partial charge is 0.314 e. The molecule has 1 saturated carbocycles. The minimum atomic E-state index is 0.821. The van der Waals surface area contributed by atoms with E-state index in [9.17, 15) is 0 Å². The van der Waals surface area contributed by atoms with Crippen LogP contribution in [0.5, 0.6) is 0 Å². The van der Waals surface area contributed by atoms with Gasteiger partial charge in [0.25, 0.3) is 0 Å². The van der Waals surface area contributed by atoms with E-state index in [1.165, 1.54) is 64.6 Å². The lowest BCUT2D eigenvalue weighted by Gasteiger charge is -2.33. The molecular formula is C16H32N2. The van der Waals surface area contributed by atoms with Crippen LogP contribution in [-0.2, 0) is 0 Å². The molecule has 3 unspecified atom stereocenters. The summed E-state index contributed by atoms with van der Waals surface area (Å²) in [6, 6.07) is 0.821. The second-order valence-electron chi connectivity index (χ2n) is 6.36. The molecule has 0 aromatic carbocycles. The summed E-state index contributed by atoms with van der Waals surface area (Å²) in [4.78, 5) is 2.74. The second kappa shape index (κ2) is 7.49. The molecule has 106 valence electrons. The summed E-state index contributed by atoms with van der Waals surface area (Å²) in [6.45, 7) is 9.81. The maximum Gasteiger partial charge on any atom is 0.00956 e. The number of nitrogens with zero attached hydrogens (tertiary/aromatic N) is 1. The Bertz CT molecular complexity index is 229. The normalized spacial score (nSPS) is 34.0. The van der Waals surface area contributed by atoms with Crippen LogP contribution in [0.25, 0.3) is 0 Å². The molecule has 3 atom stereocenters. The predicted molar refractivity (Wildman–Crippen MR) is 78.9 cm³/mol. The number of hydrogen-bond donors (Lipinski definition) is 1. The molecule has 2 rings (SSSR count). The zero-order valence-corrected chi connectivity index (χ0v) is 12.5. The number of piperidine rings is 1. The van der Waals surface area contributed by atoms with Gasteiger partial charge in [0.15, 0.2) is 0 Å². The topological polar surface area (TPSA) is 15.3 Å². The van der Waals surface area contributed by atoms with Crippen molar-refractivity contribution in [2.75, 3.05) is 26.2 Å². The highest BCUT2D eigenvalue weighted by atomic mass is 15.1. The molecule has 2 heteroatoms. The Morgan fingerprint density at radius 1 is 1.11 bits per heavy atom. The van der Waals surface area contributed by atoms with E-state index in [1.807, 2.05) is 0 Å². The Morgan fingerprint density at radius 2 is 2.00 bits per heavy atom. The Kier molecular flexibility index (Phi) is 5.97. The fraction of sp³-hybridized carbons (Fsp3) is 1.00. The Morgan fingerprint density at radius 3 is 2.78 bits per heavy atom. The van der Waals surface area contributed by atoms with Crippen LogP contribution >= 0.6 is 0 Å². The zero-order chi connectivity index (χ0) is 12.8. The van der Waals surface area contributed by atoms with Crippen molar-refractivity contribution in [1.82, 2.24) is 10.2 Å². The van der Waals surface area contributed by atoms with Crippen molar-refractivity contribution >= 4 is 0 Å². The van der Waals surface area contributed by atoms with E-state index < -0.39 is 0 Å². The molecule has 2 aliphatic rings. The van der Waals surface area contributed by atoms with Crippen molar-refractivity contribution in [2.24, 2.45) is 11.8 Å². The van der Waals surface area contributed by atoms with Crippen LogP contribution in [0.1, 0.15) is 58.8 Å². The minimum absolute atomic E-state index is 0.821. The lowest BCUT2D eigenvalue weighted by Crippen LogP contribution is -2.38. The van der Waals surface area contributed by atoms with Crippen molar-refractivity contribution in [2.45, 2.75) is 64.8 Å². The van der Waals surface area contributed by atoms with E-state index in [0.29, 0.717) is 0 Å². The van der Waals surface area contributed by atoms with Gasteiger partial charge in [0, 0.05) is 12.6 Å². The van der Waals surface area contributed by atoms with Gasteiger partial charge in [0.1, 0.15) is 0 Å². The molecule has 0 aromatic heterocycles. The van der Waals surface area contributed by atoms with Crippen molar-refractivity contribution in [3.05, 3.63) is 0 Å². The lowest BCUT2D eigenvalue weighted by molar-refractivity contribution is 0.159. The molecule has 1 N–H and O–H groups in total. The Balaban J connectivity index is 1.70. The summed E-state index contributed by atoms with van der Waals surface area (Å²) < 4.78 is 0. The van der Waals surface area contributed by atoms with E-state index in [2.05, 4.69) is 24.1 Å². The van der Waals surface area contributed by atoms with E-state index >= 15 is 0 Å². The van der Waals surface area contributed by atoms with Crippen LogP contribution in [0.3, 0.4) is 0 Å². The number of nitrogens with one attached hydrogen (secondary N) is 1. The summed E-state index contributed by atoms with van der Waals surface area (Å²) in [5, 5.41) is 3.68. The zero-order valence-electron chi connectivity index (χ0n) is 12.5. The van der Waals surface area contributed by atoms with Crippen LogP contribution in [0, 0.1) is 11.8 Å². The summed E-state index contributed by atoms with van der Waals surface area (Å²) >= 11 is 0. The Hall–Kier alpha value is -0.0800. The molecule has 0 amide bonds. The highest BCUT2D eigenvalue weighted by Gasteiger charge is 2.27.